The Morgan fingerprint density at radius 2 is 1.80 bits per heavy atom. The molecule has 0 amide bonds. The van der Waals surface area contributed by atoms with Crippen LogP contribution < -0.4 is 5.63 Å². The van der Waals surface area contributed by atoms with Crippen molar-refractivity contribution in [2.75, 3.05) is 0 Å². The lowest BCUT2D eigenvalue weighted by molar-refractivity contribution is -0.137. The van der Waals surface area contributed by atoms with Gasteiger partial charge in [-0.3, -0.25) is 4.40 Å². The van der Waals surface area contributed by atoms with Crippen molar-refractivity contribution in [1.82, 2.24) is 9.38 Å². The van der Waals surface area contributed by atoms with Crippen LogP contribution in [0.2, 0.25) is 0 Å². The van der Waals surface area contributed by atoms with Gasteiger partial charge in [-0.1, -0.05) is 30.3 Å². The van der Waals surface area contributed by atoms with Gasteiger partial charge >= 0.3 is 11.8 Å². The Kier molecular flexibility index (Phi) is 4.25. The molecule has 4 nitrogen and oxygen atoms in total. The highest BCUT2D eigenvalue weighted by Crippen LogP contribution is 2.30. The Morgan fingerprint density at radius 1 is 1.03 bits per heavy atom. The summed E-state index contributed by atoms with van der Waals surface area (Å²) in [7, 11) is 0. The highest BCUT2D eigenvalue weighted by atomic mass is 32.1. The molecule has 0 aliphatic rings. The van der Waals surface area contributed by atoms with E-state index in [1.165, 1.54) is 23.5 Å². The third kappa shape index (κ3) is 3.39. The van der Waals surface area contributed by atoms with Gasteiger partial charge in [0.2, 0.25) is 0 Å². The summed E-state index contributed by atoms with van der Waals surface area (Å²) in [6, 6.07) is 14.2. The highest BCUT2D eigenvalue weighted by molar-refractivity contribution is 7.17. The molecule has 5 rings (SSSR count). The lowest BCUT2D eigenvalue weighted by atomic mass is 10.1. The number of rotatable bonds is 3. The monoisotopic (exact) mass is 426 g/mol. The van der Waals surface area contributed by atoms with Crippen LogP contribution in [0.3, 0.4) is 0 Å². The normalized spacial score (nSPS) is 12.1. The number of thiazole rings is 1. The average molecular weight is 426 g/mol. The molecule has 0 unspecified atom stereocenters. The fourth-order valence-electron chi connectivity index (χ4n) is 3.31. The number of para-hydroxylation sites is 1. The minimum absolute atomic E-state index is 0.383. The zero-order valence-corrected chi connectivity index (χ0v) is 16.1. The van der Waals surface area contributed by atoms with Crippen molar-refractivity contribution in [2.24, 2.45) is 0 Å². The number of fused-ring (bicyclic) bond motifs is 2. The zero-order valence-electron chi connectivity index (χ0n) is 15.3. The first-order chi connectivity index (χ1) is 14.4. The first kappa shape index (κ1) is 18.6. The molecule has 0 atom stereocenters. The SMILES string of the molecule is O=c1oc2ccccc2cc1-c1cn2cc(Cc3ccc(C(F)(F)F)cc3)sc2n1. The van der Waals surface area contributed by atoms with E-state index in [0.29, 0.717) is 28.2 Å². The summed E-state index contributed by atoms with van der Waals surface area (Å²) in [5, 5.41) is 0.812. The largest absolute Gasteiger partial charge is 0.422 e. The van der Waals surface area contributed by atoms with E-state index in [9.17, 15) is 18.0 Å². The Labute approximate surface area is 171 Å². The first-order valence-corrected chi connectivity index (χ1v) is 9.85. The number of nitrogens with zero attached hydrogens (tertiary/aromatic N) is 2. The van der Waals surface area contributed by atoms with Crippen LogP contribution in [-0.2, 0) is 12.6 Å². The zero-order chi connectivity index (χ0) is 20.9. The van der Waals surface area contributed by atoms with E-state index in [1.807, 2.05) is 22.7 Å². The molecule has 150 valence electrons. The fourth-order valence-corrected chi connectivity index (χ4v) is 4.30. The summed E-state index contributed by atoms with van der Waals surface area (Å²) >= 11 is 1.42. The second-order valence-corrected chi connectivity index (χ2v) is 7.96. The van der Waals surface area contributed by atoms with Gasteiger partial charge in [0.15, 0.2) is 4.96 Å². The number of imidazole rings is 1. The summed E-state index contributed by atoms with van der Waals surface area (Å²) in [5.74, 6) is 0. The second kappa shape index (κ2) is 6.84. The molecule has 0 aliphatic heterocycles. The molecule has 0 N–H and O–H groups in total. The van der Waals surface area contributed by atoms with E-state index < -0.39 is 17.4 Å². The minimum atomic E-state index is -4.34. The molecule has 30 heavy (non-hydrogen) atoms. The van der Waals surface area contributed by atoms with Gasteiger partial charge in [0.25, 0.3) is 0 Å². The van der Waals surface area contributed by atoms with E-state index >= 15 is 0 Å². The van der Waals surface area contributed by atoms with Gasteiger partial charge < -0.3 is 4.42 Å². The van der Waals surface area contributed by atoms with Crippen LogP contribution in [-0.4, -0.2) is 9.38 Å². The van der Waals surface area contributed by atoms with Gasteiger partial charge in [-0.15, -0.1) is 11.3 Å². The highest BCUT2D eigenvalue weighted by Gasteiger charge is 2.29. The number of benzene rings is 2. The van der Waals surface area contributed by atoms with E-state index in [4.69, 9.17) is 4.42 Å². The second-order valence-electron chi connectivity index (χ2n) is 6.87. The lowest BCUT2D eigenvalue weighted by Gasteiger charge is -2.06. The average Bonchev–Trinajstić information content (AvgIpc) is 3.25. The van der Waals surface area contributed by atoms with Crippen molar-refractivity contribution >= 4 is 27.3 Å². The predicted octanol–water partition coefficient (Wildman–Crippen LogP) is 5.78. The molecule has 0 fully saturated rings. The summed E-state index contributed by atoms with van der Waals surface area (Å²) in [6.07, 6.45) is -0.215. The van der Waals surface area contributed by atoms with Crippen LogP contribution in [0.5, 0.6) is 0 Å². The number of hydrogen-bond donors (Lipinski definition) is 0. The van der Waals surface area contributed by atoms with Gasteiger partial charge in [0, 0.05) is 29.1 Å². The van der Waals surface area contributed by atoms with Crippen LogP contribution in [0.15, 0.2) is 76.2 Å². The van der Waals surface area contributed by atoms with E-state index in [2.05, 4.69) is 4.98 Å². The van der Waals surface area contributed by atoms with Crippen LogP contribution in [0.25, 0.3) is 27.2 Å². The number of alkyl halides is 3. The molecule has 0 bridgehead atoms. The topological polar surface area (TPSA) is 47.5 Å². The van der Waals surface area contributed by atoms with Crippen LogP contribution in [0.4, 0.5) is 13.2 Å². The third-order valence-corrected chi connectivity index (χ3v) is 5.78. The van der Waals surface area contributed by atoms with Crippen molar-refractivity contribution in [3.05, 3.63) is 93.4 Å². The Bertz CT molecular complexity index is 1400. The molecule has 8 heteroatoms. The Morgan fingerprint density at radius 3 is 2.53 bits per heavy atom. The van der Waals surface area contributed by atoms with E-state index in [-0.39, 0.29) is 0 Å². The molecule has 0 saturated carbocycles. The molecular formula is C22H13F3N2O2S. The Balaban J connectivity index is 1.43. The maximum atomic E-state index is 12.7. The standard InChI is InChI=1S/C22H13F3N2O2S/c23-22(24,25)15-7-5-13(6-8-15)9-16-11-27-12-18(26-21(27)30-16)17-10-14-3-1-2-4-19(14)29-20(17)28/h1-8,10-12H,9H2. The van der Waals surface area contributed by atoms with Gasteiger partial charge in [-0.05, 0) is 29.8 Å². The van der Waals surface area contributed by atoms with Crippen LogP contribution >= 0.6 is 11.3 Å². The number of aromatic nitrogens is 2. The van der Waals surface area contributed by atoms with Crippen LogP contribution in [0.1, 0.15) is 16.0 Å². The quantitative estimate of drug-likeness (QED) is 0.344. The molecule has 0 saturated heterocycles. The lowest BCUT2D eigenvalue weighted by Crippen LogP contribution is -2.04. The summed E-state index contributed by atoms with van der Waals surface area (Å²) < 4.78 is 45.3. The van der Waals surface area contributed by atoms with Crippen LogP contribution in [0, 0.1) is 0 Å². The van der Waals surface area contributed by atoms with E-state index in [1.54, 1.807) is 24.4 Å². The molecule has 0 spiro atoms. The summed E-state index contributed by atoms with van der Waals surface area (Å²) in [4.78, 5) is 18.5. The van der Waals surface area contributed by atoms with Gasteiger partial charge in [-0.2, -0.15) is 13.2 Å². The summed E-state index contributed by atoms with van der Waals surface area (Å²) in [5.41, 5.74) is 1.08. The predicted molar refractivity (Wildman–Crippen MR) is 109 cm³/mol. The fraction of sp³-hybridized carbons (Fsp3) is 0.0909. The third-order valence-electron chi connectivity index (χ3n) is 4.78. The molecule has 0 radical (unpaired) electrons. The first-order valence-electron chi connectivity index (χ1n) is 9.04. The van der Waals surface area contributed by atoms with Crippen molar-refractivity contribution < 1.29 is 17.6 Å². The maximum absolute atomic E-state index is 12.7. The molecule has 0 aliphatic carbocycles. The Hall–Kier alpha value is -3.39. The molecule has 5 aromatic rings. The maximum Gasteiger partial charge on any atom is 0.416 e. The van der Waals surface area contributed by atoms with Gasteiger partial charge in [0.1, 0.15) is 5.58 Å². The molecule has 3 aromatic heterocycles. The van der Waals surface area contributed by atoms with Crippen molar-refractivity contribution in [1.29, 1.82) is 0 Å². The summed E-state index contributed by atoms with van der Waals surface area (Å²) in [6.45, 7) is 0. The van der Waals surface area contributed by atoms with E-state index in [0.717, 1.165) is 28.0 Å². The molecule has 3 heterocycles. The van der Waals surface area contributed by atoms with Gasteiger partial charge in [-0.25, -0.2) is 9.78 Å². The van der Waals surface area contributed by atoms with Gasteiger partial charge in [0.05, 0.1) is 16.8 Å². The molecular weight excluding hydrogens is 413 g/mol. The molecule has 2 aromatic carbocycles. The van der Waals surface area contributed by atoms with Crippen molar-refractivity contribution in [3.8, 4) is 11.3 Å². The minimum Gasteiger partial charge on any atom is -0.422 e. The van der Waals surface area contributed by atoms with Crippen molar-refractivity contribution in [2.45, 2.75) is 12.6 Å². The smallest absolute Gasteiger partial charge is 0.416 e. The number of halogens is 3. The number of hydrogen-bond acceptors (Lipinski definition) is 4. The van der Waals surface area contributed by atoms with Crippen molar-refractivity contribution in [3.63, 3.8) is 0 Å².